The van der Waals surface area contributed by atoms with Gasteiger partial charge in [-0.1, -0.05) is 0 Å². The maximum atomic E-state index is 11.9. The number of nitrogens with two attached hydrogens (primary N) is 1. The largest absolute Gasteiger partial charge is 0.481 e. The molecule has 1 atom stereocenters. The summed E-state index contributed by atoms with van der Waals surface area (Å²) < 4.78 is 0. The van der Waals surface area contributed by atoms with Gasteiger partial charge in [-0.15, -0.1) is 0 Å². The Bertz CT molecular complexity index is 276. The second kappa shape index (κ2) is 4.18. The van der Waals surface area contributed by atoms with Crippen molar-refractivity contribution in [3.8, 4) is 0 Å². The van der Waals surface area contributed by atoms with Crippen LogP contribution in [-0.4, -0.2) is 41.5 Å². The van der Waals surface area contributed by atoms with E-state index in [1.807, 2.05) is 0 Å². The third kappa shape index (κ3) is 2.47. The summed E-state index contributed by atoms with van der Waals surface area (Å²) in [5, 5.41) is 8.81. The summed E-state index contributed by atoms with van der Waals surface area (Å²) in [6.45, 7) is 4.68. The molecule has 1 unspecified atom stereocenters. The number of carbonyl (C=O) groups excluding carboxylic acids is 1. The van der Waals surface area contributed by atoms with Crippen LogP contribution in [-0.2, 0) is 9.59 Å². The zero-order chi connectivity index (χ0) is 11.6. The van der Waals surface area contributed by atoms with Gasteiger partial charge in [0.1, 0.15) is 0 Å². The fourth-order valence-corrected chi connectivity index (χ4v) is 1.66. The summed E-state index contributed by atoms with van der Waals surface area (Å²) >= 11 is 0. The van der Waals surface area contributed by atoms with Crippen molar-refractivity contribution in [3.63, 3.8) is 0 Å². The molecule has 1 amide bonds. The molecule has 1 aliphatic rings. The Balaban J connectivity index is 2.61. The van der Waals surface area contributed by atoms with Gasteiger partial charge in [-0.25, -0.2) is 0 Å². The number of hydrogen-bond donors (Lipinski definition) is 2. The molecule has 5 heteroatoms. The molecule has 15 heavy (non-hydrogen) atoms. The van der Waals surface area contributed by atoms with E-state index in [4.69, 9.17) is 10.8 Å². The molecule has 5 nitrogen and oxygen atoms in total. The predicted molar refractivity (Wildman–Crippen MR) is 55.2 cm³/mol. The van der Waals surface area contributed by atoms with Crippen LogP contribution < -0.4 is 5.73 Å². The highest BCUT2D eigenvalue weighted by Gasteiger charge is 2.36. The lowest BCUT2D eigenvalue weighted by molar-refractivity contribution is -0.142. The molecule has 1 rings (SSSR count). The average Bonchev–Trinajstić information content (AvgIpc) is 2.65. The van der Waals surface area contributed by atoms with Crippen LogP contribution in [0.4, 0.5) is 0 Å². The van der Waals surface area contributed by atoms with Gasteiger partial charge in [0.2, 0.25) is 5.91 Å². The van der Waals surface area contributed by atoms with E-state index in [-0.39, 0.29) is 12.5 Å². The Labute approximate surface area is 89.2 Å². The normalized spacial score (nSPS) is 21.8. The van der Waals surface area contributed by atoms with Crippen LogP contribution in [0.2, 0.25) is 0 Å². The lowest BCUT2D eigenvalue weighted by atomic mass is 9.92. The lowest BCUT2D eigenvalue weighted by Gasteiger charge is -2.27. The summed E-state index contributed by atoms with van der Waals surface area (Å²) in [5.41, 5.74) is 4.92. The number of nitrogens with zero attached hydrogens (tertiary/aromatic N) is 1. The molecule has 1 aliphatic heterocycles. The van der Waals surface area contributed by atoms with Crippen LogP contribution in [0.25, 0.3) is 0 Å². The van der Waals surface area contributed by atoms with Gasteiger partial charge in [-0.2, -0.15) is 0 Å². The van der Waals surface area contributed by atoms with Crippen molar-refractivity contribution in [2.45, 2.75) is 20.3 Å². The lowest BCUT2D eigenvalue weighted by Crippen LogP contribution is -2.43. The van der Waals surface area contributed by atoms with Crippen LogP contribution in [0.1, 0.15) is 20.3 Å². The minimum atomic E-state index is -0.823. The summed E-state index contributed by atoms with van der Waals surface area (Å²) in [6, 6.07) is 0. The van der Waals surface area contributed by atoms with Crippen LogP contribution in [0, 0.1) is 11.3 Å². The van der Waals surface area contributed by atoms with Gasteiger partial charge in [0.25, 0.3) is 0 Å². The first-order chi connectivity index (χ1) is 6.88. The van der Waals surface area contributed by atoms with Crippen LogP contribution in [0.3, 0.4) is 0 Å². The van der Waals surface area contributed by atoms with Crippen molar-refractivity contribution in [2.24, 2.45) is 17.1 Å². The molecule has 1 fully saturated rings. The fourth-order valence-electron chi connectivity index (χ4n) is 1.66. The van der Waals surface area contributed by atoms with Gasteiger partial charge < -0.3 is 15.7 Å². The Morgan fingerprint density at radius 2 is 2.13 bits per heavy atom. The number of carboxylic acid groups (broad SMARTS) is 1. The monoisotopic (exact) mass is 214 g/mol. The number of likely N-dealkylation sites (tertiary alicyclic amines) is 1. The van der Waals surface area contributed by atoms with Crippen LogP contribution in [0.15, 0.2) is 0 Å². The average molecular weight is 214 g/mol. The number of carbonyl (C=O) groups is 2. The summed E-state index contributed by atoms with van der Waals surface area (Å²) in [5.74, 6) is -1.29. The third-order valence-electron chi connectivity index (χ3n) is 2.91. The van der Waals surface area contributed by atoms with Crippen molar-refractivity contribution < 1.29 is 14.7 Å². The highest BCUT2D eigenvalue weighted by molar-refractivity contribution is 5.83. The molecule has 1 saturated heterocycles. The van der Waals surface area contributed by atoms with Gasteiger partial charge in [-0.3, -0.25) is 9.59 Å². The van der Waals surface area contributed by atoms with E-state index in [1.54, 1.807) is 18.7 Å². The molecule has 0 aromatic carbocycles. The minimum Gasteiger partial charge on any atom is -0.481 e. The van der Waals surface area contributed by atoms with Crippen molar-refractivity contribution in [1.82, 2.24) is 4.90 Å². The Morgan fingerprint density at radius 1 is 1.53 bits per heavy atom. The van der Waals surface area contributed by atoms with Gasteiger partial charge in [-0.05, 0) is 20.3 Å². The number of aliphatic carboxylic acids is 1. The Hall–Kier alpha value is -1.10. The number of amides is 1. The van der Waals surface area contributed by atoms with Crippen molar-refractivity contribution in [2.75, 3.05) is 19.6 Å². The summed E-state index contributed by atoms with van der Waals surface area (Å²) in [4.78, 5) is 24.2. The van der Waals surface area contributed by atoms with Gasteiger partial charge >= 0.3 is 5.97 Å². The van der Waals surface area contributed by atoms with E-state index >= 15 is 0 Å². The molecule has 0 aromatic rings. The van der Waals surface area contributed by atoms with Crippen LogP contribution >= 0.6 is 0 Å². The summed E-state index contributed by atoms with van der Waals surface area (Å²) in [6.07, 6.45) is 0.543. The fraction of sp³-hybridized carbons (Fsp3) is 0.800. The van der Waals surface area contributed by atoms with Crippen LogP contribution in [0.5, 0.6) is 0 Å². The second-order valence-corrected chi connectivity index (χ2v) is 4.66. The Kier molecular flexibility index (Phi) is 3.34. The first-order valence-electron chi connectivity index (χ1n) is 5.10. The quantitative estimate of drug-likeness (QED) is 0.687. The van der Waals surface area contributed by atoms with E-state index in [0.717, 1.165) is 0 Å². The van der Waals surface area contributed by atoms with Gasteiger partial charge in [0, 0.05) is 19.6 Å². The molecule has 0 radical (unpaired) electrons. The topological polar surface area (TPSA) is 83.6 Å². The van der Waals surface area contributed by atoms with E-state index in [2.05, 4.69) is 0 Å². The first-order valence-corrected chi connectivity index (χ1v) is 5.10. The minimum absolute atomic E-state index is 0.0475. The van der Waals surface area contributed by atoms with Crippen molar-refractivity contribution >= 4 is 11.9 Å². The van der Waals surface area contributed by atoms with Crippen molar-refractivity contribution in [1.29, 1.82) is 0 Å². The second-order valence-electron chi connectivity index (χ2n) is 4.66. The molecule has 1 heterocycles. The molecule has 0 saturated carbocycles. The van der Waals surface area contributed by atoms with E-state index < -0.39 is 17.3 Å². The number of hydrogen-bond acceptors (Lipinski definition) is 3. The highest BCUT2D eigenvalue weighted by Crippen LogP contribution is 2.23. The molecule has 0 aromatic heterocycles. The predicted octanol–water partition coefficient (Wildman–Crippen LogP) is -0.0956. The molecule has 0 aliphatic carbocycles. The molecular formula is C10H18N2O3. The highest BCUT2D eigenvalue weighted by atomic mass is 16.4. The van der Waals surface area contributed by atoms with Gasteiger partial charge in [0.15, 0.2) is 0 Å². The van der Waals surface area contributed by atoms with Crippen molar-refractivity contribution in [3.05, 3.63) is 0 Å². The zero-order valence-electron chi connectivity index (χ0n) is 9.19. The Morgan fingerprint density at radius 3 is 2.53 bits per heavy atom. The molecule has 0 spiro atoms. The number of carboxylic acids is 1. The molecule has 86 valence electrons. The zero-order valence-corrected chi connectivity index (χ0v) is 9.19. The molecular weight excluding hydrogens is 196 g/mol. The number of rotatable bonds is 3. The standard InChI is InChI=1S/C10H18N2O3/c1-10(2,6-11)9(15)12-4-3-7(5-12)8(13)14/h7H,3-6,11H2,1-2H3,(H,13,14). The molecule has 0 bridgehead atoms. The maximum absolute atomic E-state index is 11.9. The van der Waals surface area contributed by atoms with E-state index in [1.165, 1.54) is 0 Å². The van der Waals surface area contributed by atoms with Gasteiger partial charge in [0.05, 0.1) is 11.3 Å². The third-order valence-corrected chi connectivity index (χ3v) is 2.91. The van der Waals surface area contributed by atoms with E-state index in [9.17, 15) is 9.59 Å². The SMILES string of the molecule is CC(C)(CN)C(=O)N1CCC(C(=O)O)C1. The van der Waals surface area contributed by atoms with E-state index in [0.29, 0.717) is 19.5 Å². The molecule has 3 N–H and O–H groups in total. The maximum Gasteiger partial charge on any atom is 0.308 e. The summed E-state index contributed by atoms with van der Waals surface area (Å²) in [7, 11) is 0. The smallest absolute Gasteiger partial charge is 0.308 e. The first kappa shape index (κ1) is 12.0.